The minimum atomic E-state index is -0.405. The third-order valence-corrected chi connectivity index (χ3v) is 6.17. The Hall–Kier alpha value is -3.02. The van der Waals surface area contributed by atoms with E-state index in [1.54, 1.807) is 13.2 Å². The molecule has 2 heterocycles. The monoisotopic (exact) mass is 423 g/mol. The number of rotatable bonds is 5. The molecule has 0 spiro atoms. The fraction of sp³-hybridized carbons (Fsp3) is 0.440. The lowest BCUT2D eigenvalue weighted by Crippen LogP contribution is -2.36. The van der Waals surface area contributed by atoms with Crippen molar-refractivity contribution in [1.29, 1.82) is 0 Å². The molecule has 0 saturated carbocycles. The molecule has 1 aliphatic carbocycles. The SMILES string of the molecule is COc1ccc2c(C)c(CCC(=O)NC3CC(C)(C)Cc4oc(C)cc43)c(=O)oc2c1. The zero-order chi connectivity index (χ0) is 22.3. The van der Waals surface area contributed by atoms with Crippen LogP contribution in [0.3, 0.4) is 0 Å². The molecule has 2 aromatic heterocycles. The van der Waals surface area contributed by atoms with Gasteiger partial charge in [-0.15, -0.1) is 0 Å². The van der Waals surface area contributed by atoms with Crippen molar-refractivity contribution in [1.82, 2.24) is 5.32 Å². The molecule has 6 heteroatoms. The van der Waals surface area contributed by atoms with E-state index in [0.717, 1.165) is 40.9 Å². The third kappa shape index (κ3) is 4.24. The molecule has 1 aliphatic rings. The molecule has 0 bridgehead atoms. The van der Waals surface area contributed by atoms with E-state index in [1.165, 1.54) is 0 Å². The van der Waals surface area contributed by atoms with Crippen LogP contribution >= 0.6 is 0 Å². The van der Waals surface area contributed by atoms with Crippen LogP contribution in [0, 0.1) is 19.3 Å². The molecule has 31 heavy (non-hydrogen) atoms. The summed E-state index contributed by atoms with van der Waals surface area (Å²) >= 11 is 0. The Morgan fingerprint density at radius 1 is 1.23 bits per heavy atom. The predicted molar refractivity (Wildman–Crippen MR) is 119 cm³/mol. The van der Waals surface area contributed by atoms with E-state index in [9.17, 15) is 9.59 Å². The largest absolute Gasteiger partial charge is 0.497 e. The fourth-order valence-electron chi connectivity index (χ4n) is 4.61. The summed E-state index contributed by atoms with van der Waals surface area (Å²) in [5.74, 6) is 2.37. The summed E-state index contributed by atoms with van der Waals surface area (Å²) < 4.78 is 16.6. The summed E-state index contributed by atoms with van der Waals surface area (Å²) in [6.45, 7) is 8.20. The van der Waals surface area contributed by atoms with Gasteiger partial charge in [0.1, 0.15) is 22.9 Å². The number of hydrogen-bond donors (Lipinski definition) is 1. The number of furan rings is 1. The Bertz CT molecular complexity index is 1200. The van der Waals surface area contributed by atoms with Crippen LogP contribution in [0.2, 0.25) is 0 Å². The average Bonchev–Trinajstić information content (AvgIpc) is 3.06. The molecule has 6 nitrogen and oxygen atoms in total. The van der Waals surface area contributed by atoms with Gasteiger partial charge in [0.2, 0.25) is 5.91 Å². The highest BCUT2D eigenvalue weighted by Gasteiger charge is 2.35. The number of hydrogen-bond acceptors (Lipinski definition) is 5. The van der Waals surface area contributed by atoms with E-state index in [2.05, 4.69) is 19.2 Å². The Balaban J connectivity index is 1.50. The first-order valence-corrected chi connectivity index (χ1v) is 10.7. The first kappa shape index (κ1) is 21.2. The van der Waals surface area contributed by atoms with E-state index in [0.29, 0.717) is 23.3 Å². The number of ether oxygens (including phenoxy) is 1. The molecule has 0 aliphatic heterocycles. The smallest absolute Gasteiger partial charge is 0.339 e. The van der Waals surface area contributed by atoms with Gasteiger partial charge in [-0.1, -0.05) is 13.8 Å². The van der Waals surface area contributed by atoms with E-state index >= 15 is 0 Å². The molecule has 0 saturated heterocycles. The molecular weight excluding hydrogens is 394 g/mol. The van der Waals surface area contributed by atoms with Gasteiger partial charge < -0.3 is 18.9 Å². The van der Waals surface area contributed by atoms with Gasteiger partial charge in [-0.3, -0.25) is 4.79 Å². The standard InChI is InChI=1S/C25H29NO5/c1-14-10-19-20(12-25(3,4)13-22(19)30-14)26-23(27)9-8-18-15(2)17-7-6-16(29-5)11-21(17)31-24(18)28/h6-7,10-11,20H,8-9,12-13H2,1-5H3,(H,26,27). The normalized spacial score (nSPS) is 17.4. The molecule has 4 rings (SSSR count). The molecule has 3 aromatic rings. The number of aryl methyl sites for hydroxylation is 2. The van der Waals surface area contributed by atoms with Gasteiger partial charge in [-0.25, -0.2) is 4.79 Å². The minimum absolute atomic E-state index is 0.0479. The van der Waals surface area contributed by atoms with Gasteiger partial charge in [0.25, 0.3) is 0 Å². The van der Waals surface area contributed by atoms with Crippen LogP contribution in [0.1, 0.15) is 60.9 Å². The quantitative estimate of drug-likeness (QED) is 0.598. The van der Waals surface area contributed by atoms with Crippen molar-refractivity contribution in [2.45, 2.75) is 59.4 Å². The lowest BCUT2D eigenvalue weighted by atomic mass is 9.74. The molecule has 1 N–H and O–H groups in total. The van der Waals surface area contributed by atoms with Crippen molar-refractivity contribution >= 4 is 16.9 Å². The van der Waals surface area contributed by atoms with Crippen molar-refractivity contribution in [2.75, 3.05) is 7.11 Å². The first-order chi connectivity index (χ1) is 14.7. The van der Waals surface area contributed by atoms with Gasteiger partial charge in [0.15, 0.2) is 0 Å². The highest BCUT2D eigenvalue weighted by atomic mass is 16.5. The highest BCUT2D eigenvalue weighted by molar-refractivity contribution is 5.83. The zero-order valence-electron chi connectivity index (χ0n) is 18.8. The second kappa shape index (κ2) is 7.91. The Morgan fingerprint density at radius 3 is 2.74 bits per heavy atom. The van der Waals surface area contributed by atoms with Gasteiger partial charge in [0, 0.05) is 35.4 Å². The number of carbonyl (C=O) groups excluding carboxylic acids is 1. The minimum Gasteiger partial charge on any atom is -0.497 e. The van der Waals surface area contributed by atoms with Crippen LogP contribution < -0.4 is 15.7 Å². The summed E-state index contributed by atoms with van der Waals surface area (Å²) in [6.07, 6.45) is 2.26. The summed E-state index contributed by atoms with van der Waals surface area (Å²) in [5.41, 5.74) is 2.58. The number of amides is 1. The second-order valence-corrected chi connectivity index (χ2v) is 9.26. The van der Waals surface area contributed by atoms with Crippen molar-refractivity contribution in [3.63, 3.8) is 0 Å². The van der Waals surface area contributed by atoms with E-state index in [-0.39, 0.29) is 23.8 Å². The van der Waals surface area contributed by atoms with Crippen LogP contribution in [0.15, 0.2) is 37.9 Å². The molecular formula is C25H29NO5. The van der Waals surface area contributed by atoms with Crippen LogP contribution in [0.25, 0.3) is 11.0 Å². The number of methoxy groups -OCH3 is 1. The molecule has 0 fully saturated rings. The van der Waals surface area contributed by atoms with Gasteiger partial charge in [-0.05, 0) is 55.9 Å². The summed E-state index contributed by atoms with van der Waals surface area (Å²) in [7, 11) is 1.57. The molecule has 1 aromatic carbocycles. The van der Waals surface area contributed by atoms with Gasteiger partial charge >= 0.3 is 5.63 Å². The van der Waals surface area contributed by atoms with Crippen molar-refractivity contribution < 1.29 is 18.4 Å². The Kier molecular flexibility index (Phi) is 5.42. The Labute approximate surface area is 181 Å². The zero-order valence-corrected chi connectivity index (χ0v) is 18.8. The Morgan fingerprint density at radius 2 is 2.00 bits per heavy atom. The average molecular weight is 424 g/mol. The maximum Gasteiger partial charge on any atom is 0.339 e. The van der Waals surface area contributed by atoms with Crippen molar-refractivity contribution in [3.8, 4) is 5.75 Å². The first-order valence-electron chi connectivity index (χ1n) is 10.7. The molecule has 1 unspecified atom stereocenters. The van der Waals surface area contributed by atoms with Crippen LogP contribution in [0.5, 0.6) is 5.75 Å². The number of benzene rings is 1. The predicted octanol–water partition coefficient (Wildman–Crippen LogP) is 4.77. The van der Waals surface area contributed by atoms with Gasteiger partial charge in [-0.2, -0.15) is 0 Å². The fourth-order valence-corrected chi connectivity index (χ4v) is 4.61. The van der Waals surface area contributed by atoms with Crippen molar-refractivity contribution in [2.24, 2.45) is 5.41 Å². The van der Waals surface area contributed by atoms with Crippen LogP contribution in [0.4, 0.5) is 0 Å². The number of nitrogens with one attached hydrogen (secondary N) is 1. The lowest BCUT2D eigenvalue weighted by Gasteiger charge is -2.34. The molecule has 1 amide bonds. The van der Waals surface area contributed by atoms with E-state index < -0.39 is 5.63 Å². The van der Waals surface area contributed by atoms with Crippen LogP contribution in [-0.2, 0) is 17.6 Å². The molecule has 1 atom stereocenters. The lowest BCUT2D eigenvalue weighted by molar-refractivity contribution is -0.122. The van der Waals surface area contributed by atoms with Crippen LogP contribution in [-0.4, -0.2) is 13.0 Å². The number of fused-ring (bicyclic) bond motifs is 2. The summed E-state index contributed by atoms with van der Waals surface area (Å²) in [4.78, 5) is 25.3. The number of carbonyl (C=O) groups is 1. The molecule has 0 radical (unpaired) electrons. The van der Waals surface area contributed by atoms with Crippen molar-refractivity contribution in [3.05, 3.63) is 62.9 Å². The van der Waals surface area contributed by atoms with E-state index in [1.807, 2.05) is 32.0 Å². The van der Waals surface area contributed by atoms with E-state index in [4.69, 9.17) is 13.6 Å². The summed E-state index contributed by atoms with van der Waals surface area (Å²) in [5, 5.41) is 4.01. The molecule has 164 valence electrons. The second-order valence-electron chi connectivity index (χ2n) is 9.26. The highest BCUT2D eigenvalue weighted by Crippen LogP contribution is 2.42. The topological polar surface area (TPSA) is 81.7 Å². The summed E-state index contributed by atoms with van der Waals surface area (Å²) in [6, 6.07) is 7.36. The third-order valence-electron chi connectivity index (χ3n) is 6.17. The maximum atomic E-state index is 12.8. The maximum absolute atomic E-state index is 12.8. The van der Waals surface area contributed by atoms with Gasteiger partial charge in [0.05, 0.1) is 13.2 Å².